The number of nitrogens with one attached hydrogen (secondary N) is 1. The molecule has 0 aliphatic carbocycles. The molecule has 8 nitrogen and oxygen atoms in total. The van der Waals surface area contributed by atoms with Crippen molar-refractivity contribution in [3.8, 4) is 0 Å². The highest BCUT2D eigenvalue weighted by molar-refractivity contribution is 9.10. The number of carbonyl (C=O) groups is 1. The minimum absolute atomic E-state index is 0.0570. The number of hydrogen-bond donors (Lipinski definition) is 1. The van der Waals surface area contributed by atoms with Crippen molar-refractivity contribution < 1.29 is 9.53 Å². The number of aromatic amines is 1. The van der Waals surface area contributed by atoms with E-state index in [9.17, 15) is 14.4 Å². The van der Waals surface area contributed by atoms with E-state index in [2.05, 4.69) is 25.9 Å². The molecule has 1 N–H and O–H groups in total. The molecule has 2 aromatic heterocycles. The first-order valence-corrected chi connectivity index (χ1v) is 9.91. The molecule has 0 unspecified atom stereocenters. The van der Waals surface area contributed by atoms with Crippen LogP contribution in [0.15, 0.2) is 43.5 Å². The average molecular weight is 453 g/mol. The first-order chi connectivity index (χ1) is 12.9. The predicted molar refractivity (Wildman–Crippen MR) is 106 cm³/mol. The number of aryl methyl sites for hydroxylation is 1. The third-order valence-corrected chi connectivity index (χ3v) is 5.27. The molecule has 0 spiro atoms. The van der Waals surface area contributed by atoms with Crippen molar-refractivity contribution in [3.63, 3.8) is 0 Å². The molecule has 0 radical (unpaired) electrons. The van der Waals surface area contributed by atoms with Crippen molar-refractivity contribution in [3.05, 3.63) is 55.1 Å². The van der Waals surface area contributed by atoms with Crippen molar-refractivity contribution in [1.82, 2.24) is 19.1 Å². The van der Waals surface area contributed by atoms with Crippen molar-refractivity contribution >= 4 is 44.8 Å². The molecule has 0 atom stereocenters. The van der Waals surface area contributed by atoms with Crippen LogP contribution in [0.5, 0.6) is 0 Å². The smallest absolute Gasteiger partial charge is 0.329 e. The average Bonchev–Trinajstić information content (AvgIpc) is 2.97. The van der Waals surface area contributed by atoms with Gasteiger partial charge < -0.3 is 9.30 Å². The lowest BCUT2D eigenvalue weighted by Crippen LogP contribution is -2.29. The second-order valence-electron chi connectivity index (χ2n) is 5.69. The third kappa shape index (κ3) is 4.16. The van der Waals surface area contributed by atoms with Crippen molar-refractivity contribution in [1.29, 1.82) is 0 Å². The van der Waals surface area contributed by atoms with Crippen LogP contribution < -0.4 is 11.2 Å². The van der Waals surface area contributed by atoms with Crippen molar-refractivity contribution in [2.75, 3.05) is 12.4 Å². The molecule has 0 saturated heterocycles. The number of esters is 1. The van der Waals surface area contributed by atoms with E-state index < -0.39 is 11.2 Å². The second-order valence-corrected chi connectivity index (χ2v) is 7.55. The topological polar surface area (TPSA) is 99.0 Å². The van der Waals surface area contributed by atoms with Gasteiger partial charge in [0.15, 0.2) is 16.3 Å². The lowest BCUT2D eigenvalue weighted by Gasteiger charge is -2.09. The molecule has 2 heterocycles. The van der Waals surface area contributed by atoms with Gasteiger partial charge in [-0.2, -0.15) is 0 Å². The molecule has 0 amide bonds. The molecule has 0 saturated carbocycles. The fourth-order valence-corrected chi connectivity index (χ4v) is 3.86. The summed E-state index contributed by atoms with van der Waals surface area (Å²) in [5, 5.41) is 0.463. The summed E-state index contributed by atoms with van der Waals surface area (Å²) < 4.78 is 8.85. The first-order valence-electron chi connectivity index (χ1n) is 8.13. The van der Waals surface area contributed by atoms with E-state index in [1.165, 1.54) is 11.6 Å². The Morgan fingerprint density at radius 1 is 1.37 bits per heavy atom. The van der Waals surface area contributed by atoms with Gasteiger partial charge in [0, 0.05) is 11.5 Å². The number of halogens is 1. The van der Waals surface area contributed by atoms with E-state index in [1.807, 2.05) is 24.3 Å². The summed E-state index contributed by atoms with van der Waals surface area (Å²) in [7, 11) is 1.54. The Kier molecular flexibility index (Phi) is 5.85. The largest absolute Gasteiger partial charge is 0.465 e. The maximum atomic E-state index is 12.4. The van der Waals surface area contributed by atoms with Gasteiger partial charge in [-0.25, -0.2) is 9.78 Å². The van der Waals surface area contributed by atoms with E-state index in [0.717, 1.165) is 21.8 Å². The number of aromatic nitrogens is 4. The number of thioether (sulfide) groups is 1. The molecule has 1 aromatic carbocycles. The Bertz CT molecular complexity index is 1120. The maximum Gasteiger partial charge on any atom is 0.329 e. The lowest BCUT2D eigenvalue weighted by atomic mass is 10.2. The molecule has 0 bridgehead atoms. The van der Waals surface area contributed by atoms with Crippen LogP contribution >= 0.6 is 27.7 Å². The molecule has 3 rings (SSSR count). The summed E-state index contributed by atoms with van der Waals surface area (Å²) >= 11 is 4.60. The van der Waals surface area contributed by atoms with E-state index in [0.29, 0.717) is 18.3 Å². The zero-order chi connectivity index (χ0) is 19.6. The van der Waals surface area contributed by atoms with Crippen LogP contribution in [0.2, 0.25) is 0 Å². The van der Waals surface area contributed by atoms with Crippen molar-refractivity contribution in [2.24, 2.45) is 7.05 Å². The van der Waals surface area contributed by atoms with Gasteiger partial charge >= 0.3 is 11.7 Å². The van der Waals surface area contributed by atoms with Gasteiger partial charge in [-0.1, -0.05) is 39.8 Å². The highest BCUT2D eigenvalue weighted by Crippen LogP contribution is 2.23. The molecule has 0 aliphatic heterocycles. The molecule has 27 heavy (non-hydrogen) atoms. The summed E-state index contributed by atoms with van der Waals surface area (Å²) in [6.07, 6.45) is 0. The molecule has 3 aromatic rings. The fraction of sp³-hybridized carbons (Fsp3) is 0.294. The van der Waals surface area contributed by atoms with Gasteiger partial charge in [-0.3, -0.25) is 19.1 Å². The second kappa shape index (κ2) is 8.13. The van der Waals surface area contributed by atoms with Gasteiger partial charge in [0.05, 0.1) is 18.9 Å². The Morgan fingerprint density at radius 3 is 2.85 bits per heavy atom. The van der Waals surface area contributed by atoms with Gasteiger partial charge in [0.1, 0.15) is 0 Å². The molecule has 142 valence electrons. The molecular formula is C17H17BrN4O4S. The summed E-state index contributed by atoms with van der Waals surface area (Å²) in [5.74, 6) is -0.312. The third-order valence-electron chi connectivity index (χ3n) is 3.83. The van der Waals surface area contributed by atoms with Gasteiger partial charge in [0.25, 0.3) is 5.56 Å². The van der Waals surface area contributed by atoms with Gasteiger partial charge in [0.2, 0.25) is 0 Å². The predicted octanol–water partition coefficient (Wildman–Crippen LogP) is 1.89. The van der Waals surface area contributed by atoms with Gasteiger partial charge in [-0.05, 0) is 24.6 Å². The SMILES string of the molecule is CCOC(=O)CSc1nc2c(c(=O)[nH]c(=O)n2C)n1Cc1cccc(Br)c1. The number of ether oxygens (including phenoxy) is 1. The minimum atomic E-state index is -0.540. The van der Waals surface area contributed by atoms with E-state index >= 15 is 0 Å². The number of benzene rings is 1. The highest BCUT2D eigenvalue weighted by atomic mass is 79.9. The monoisotopic (exact) mass is 452 g/mol. The van der Waals surface area contributed by atoms with E-state index in [4.69, 9.17) is 4.74 Å². The van der Waals surface area contributed by atoms with E-state index in [1.54, 1.807) is 11.5 Å². The van der Waals surface area contributed by atoms with Crippen LogP contribution in [-0.4, -0.2) is 37.4 Å². The first kappa shape index (κ1) is 19.4. The summed E-state index contributed by atoms with van der Waals surface area (Å²) in [5.41, 5.74) is 0.434. The Balaban J connectivity index is 2.10. The highest BCUT2D eigenvalue weighted by Gasteiger charge is 2.19. The van der Waals surface area contributed by atoms with Crippen LogP contribution in [-0.2, 0) is 23.1 Å². The molecule has 10 heteroatoms. The van der Waals surface area contributed by atoms with Gasteiger partial charge in [-0.15, -0.1) is 0 Å². The van der Waals surface area contributed by atoms with Crippen molar-refractivity contribution in [2.45, 2.75) is 18.6 Å². The Labute approximate surface area is 166 Å². The zero-order valence-electron chi connectivity index (χ0n) is 14.7. The zero-order valence-corrected chi connectivity index (χ0v) is 17.1. The number of nitrogens with zero attached hydrogens (tertiary/aromatic N) is 3. The molecule has 0 fully saturated rings. The normalized spacial score (nSPS) is 11.1. The van der Waals surface area contributed by atoms with E-state index in [-0.39, 0.29) is 22.9 Å². The quantitative estimate of drug-likeness (QED) is 0.452. The van der Waals surface area contributed by atoms with Crippen LogP contribution in [0.25, 0.3) is 11.2 Å². The van der Waals surface area contributed by atoms with Crippen LogP contribution in [0.1, 0.15) is 12.5 Å². The minimum Gasteiger partial charge on any atom is -0.465 e. The summed E-state index contributed by atoms with van der Waals surface area (Å²) in [6, 6.07) is 7.65. The number of rotatable bonds is 6. The lowest BCUT2D eigenvalue weighted by molar-refractivity contribution is -0.139. The number of carbonyl (C=O) groups excluding carboxylic acids is 1. The number of H-pyrrole nitrogens is 1. The molecular weight excluding hydrogens is 436 g/mol. The maximum absolute atomic E-state index is 12.4. The Morgan fingerprint density at radius 2 is 2.15 bits per heavy atom. The van der Waals surface area contributed by atoms with Crippen LogP contribution in [0.3, 0.4) is 0 Å². The summed E-state index contributed by atoms with van der Waals surface area (Å²) in [6.45, 7) is 2.39. The van der Waals surface area contributed by atoms with Crippen LogP contribution in [0.4, 0.5) is 0 Å². The Hall–Kier alpha value is -2.33. The van der Waals surface area contributed by atoms with Crippen LogP contribution in [0, 0.1) is 0 Å². The number of hydrogen-bond acceptors (Lipinski definition) is 6. The molecule has 0 aliphatic rings. The summed E-state index contributed by atoms with van der Waals surface area (Å²) in [4.78, 5) is 42.8. The standard InChI is InChI=1S/C17H17BrN4O4S/c1-3-26-12(23)9-27-17-19-14-13(15(24)20-16(25)21(14)2)22(17)8-10-5-4-6-11(18)7-10/h4-7H,3,8-9H2,1-2H3,(H,20,24,25). The number of fused-ring (bicyclic) bond motifs is 1. The fourth-order valence-electron chi connectivity index (χ4n) is 2.62. The number of imidazole rings is 1.